The summed E-state index contributed by atoms with van der Waals surface area (Å²) >= 11 is 1.54. The van der Waals surface area contributed by atoms with Gasteiger partial charge in [-0.2, -0.15) is 0 Å². The van der Waals surface area contributed by atoms with Crippen LogP contribution in [0.1, 0.15) is 46.7 Å². The van der Waals surface area contributed by atoms with Crippen LogP contribution >= 0.6 is 23.7 Å². The Morgan fingerprint density at radius 3 is 2.63 bits per heavy atom. The molecular weight excluding hydrogens is 280 g/mol. The second-order valence-electron chi connectivity index (χ2n) is 5.12. The first-order valence-corrected chi connectivity index (χ1v) is 7.59. The van der Waals surface area contributed by atoms with Crippen LogP contribution in [0, 0.1) is 12.8 Å². The maximum absolute atomic E-state index is 12.1. The average molecular weight is 303 g/mol. The number of hydrogen-bond donors (Lipinski definition) is 2. The molecule has 1 aromatic heterocycles. The topological polar surface area (TPSA) is 55.1 Å². The molecule has 1 unspecified atom stereocenters. The SMILES string of the molecule is Cc1ccc(C(=O)NC(CN)C2CCCCC2)s1.Cl. The first kappa shape index (κ1) is 16.5. The molecule has 1 heterocycles. The zero-order valence-electron chi connectivity index (χ0n) is 11.4. The second-order valence-corrected chi connectivity index (χ2v) is 6.41. The van der Waals surface area contributed by atoms with E-state index in [0.29, 0.717) is 12.5 Å². The summed E-state index contributed by atoms with van der Waals surface area (Å²) in [6.07, 6.45) is 6.27. The Balaban J connectivity index is 0.00000180. The third-order valence-corrected chi connectivity index (χ3v) is 4.75. The second kappa shape index (κ2) is 7.88. The molecule has 0 spiro atoms. The molecule has 1 aliphatic carbocycles. The molecular formula is C14H23ClN2OS. The van der Waals surface area contributed by atoms with Gasteiger partial charge >= 0.3 is 0 Å². The first-order valence-electron chi connectivity index (χ1n) is 6.78. The summed E-state index contributed by atoms with van der Waals surface area (Å²) in [6, 6.07) is 4.02. The molecule has 2 rings (SSSR count). The Morgan fingerprint density at radius 1 is 1.42 bits per heavy atom. The normalized spacial score (nSPS) is 17.6. The zero-order valence-corrected chi connectivity index (χ0v) is 13.0. The van der Waals surface area contributed by atoms with E-state index in [1.165, 1.54) is 37.0 Å². The molecule has 1 amide bonds. The van der Waals surface area contributed by atoms with Crippen LogP contribution in [-0.4, -0.2) is 18.5 Å². The number of rotatable bonds is 4. The fourth-order valence-corrected chi connectivity index (χ4v) is 3.47. The molecule has 0 aliphatic heterocycles. The fraction of sp³-hybridized carbons (Fsp3) is 0.643. The van der Waals surface area contributed by atoms with E-state index in [2.05, 4.69) is 5.32 Å². The van der Waals surface area contributed by atoms with E-state index in [1.807, 2.05) is 19.1 Å². The molecule has 0 saturated heterocycles. The van der Waals surface area contributed by atoms with E-state index < -0.39 is 0 Å². The van der Waals surface area contributed by atoms with Gasteiger partial charge in [0.1, 0.15) is 0 Å². The fourth-order valence-electron chi connectivity index (χ4n) is 2.70. The van der Waals surface area contributed by atoms with Crippen LogP contribution in [0.15, 0.2) is 12.1 Å². The lowest BCUT2D eigenvalue weighted by molar-refractivity contribution is 0.0919. The van der Waals surface area contributed by atoms with Crippen LogP contribution in [0.3, 0.4) is 0 Å². The molecule has 1 aromatic rings. The van der Waals surface area contributed by atoms with E-state index in [0.717, 1.165) is 4.88 Å². The van der Waals surface area contributed by atoms with Crippen molar-refractivity contribution < 1.29 is 4.79 Å². The quantitative estimate of drug-likeness (QED) is 0.898. The highest BCUT2D eigenvalue weighted by Crippen LogP contribution is 2.26. The number of hydrogen-bond acceptors (Lipinski definition) is 3. The molecule has 1 fully saturated rings. The molecule has 0 radical (unpaired) electrons. The summed E-state index contributed by atoms with van der Waals surface area (Å²) in [7, 11) is 0. The van der Waals surface area contributed by atoms with Crippen molar-refractivity contribution in [3.63, 3.8) is 0 Å². The molecule has 0 aromatic carbocycles. The van der Waals surface area contributed by atoms with E-state index in [1.54, 1.807) is 11.3 Å². The van der Waals surface area contributed by atoms with Crippen molar-refractivity contribution in [2.75, 3.05) is 6.54 Å². The standard InChI is InChI=1S/C14H22N2OS.ClH/c1-10-7-8-13(18-10)14(17)16-12(9-15)11-5-3-2-4-6-11;/h7-8,11-12H,2-6,9,15H2,1H3,(H,16,17);1H. The lowest BCUT2D eigenvalue weighted by Crippen LogP contribution is -2.45. The monoisotopic (exact) mass is 302 g/mol. The van der Waals surface area contributed by atoms with Crippen molar-refractivity contribution in [2.45, 2.75) is 45.1 Å². The van der Waals surface area contributed by atoms with Crippen molar-refractivity contribution in [2.24, 2.45) is 11.7 Å². The van der Waals surface area contributed by atoms with Gasteiger partial charge in [-0.1, -0.05) is 19.3 Å². The van der Waals surface area contributed by atoms with Crippen LogP contribution in [-0.2, 0) is 0 Å². The van der Waals surface area contributed by atoms with Crippen molar-refractivity contribution in [1.82, 2.24) is 5.32 Å². The summed E-state index contributed by atoms with van der Waals surface area (Å²) < 4.78 is 0. The minimum atomic E-state index is 0. The predicted octanol–water partition coefficient (Wildman–Crippen LogP) is 3.12. The van der Waals surface area contributed by atoms with E-state index in [4.69, 9.17) is 5.73 Å². The summed E-state index contributed by atoms with van der Waals surface area (Å²) in [5.74, 6) is 0.600. The van der Waals surface area contributed by atoms with Gasteiger partial charge in [0.15, 0.2) is 0 Å². The summed E-state index contributed by atoms with van der Waals surface area (Å²) in [5.41, 5.74) is 5.82. The highest BCUT2D eigenvalue weighted by molar-refractivity contribution is 7.13. The first-order chi connectivity index (χ1) is 8.70. The van der Waals surface area contributed by atoms with E-state index in [-0.39, 0.29) is 24.4 Å². The Kier molecular flexibility index (Phi) is 6.83. The Labute approximate surface area is 125 Å². The van der Waals surface area contributed by atoms with Gasteiger partial charge in [0.25, 0.3) is 5.91 Å². The molecule has 0 bridgehead atoms. The third-order valence-electron chi connectivity index (χ3n) is 3.75. The molecule has 1 aliphatic rings. The predicted molar refractivity (Wildman–Crippen MR) is 83.2 cm³/mol. The zero-order chi connectivity index (χ0) is 13.0. The van der Waals surface area contributed by atoms with Crippen LogP contribution in [0.5, 0.6) is 0 Å². The van der Waals surface area contributed by atoms with Gasteiger partial charge < -0.3 is 11.1 Å². The Hall–Kier alpha value is -0.580. The number of nitrogens with one attached hydrogen (secondary N) is 1. The van der Waals surface area contributed by atoms with Gasteiger partial charge in [-0.25, -0.2) is 0 Å². The van der Waals surface area contributed by atoms with Crippen LogP contribution in [0.4, 0.5) is 0 Å². The highest BCUT2D eigenvalue weighted by Gasteiger charge is 2.24. The molecule has 5 heteroatoms. The van der Waals surface area contributed by atoms with E-state index >= 15 is 0 Å². The Morgan fingerprint density at radius 2 is 2.11 bits per heavy atom. The van der Waals surface area contributed by atoms with Crippen molar-refractivity contribution in [3.8, 4) is 0 Å². The molecule has 3 nitrogen and oxygen atoms in total. The highest BCUT2D eigenvalue weighted by atomic mass is 35.5. The minimum Gasteiger partial charge on any atom is -0.347 e. The van der Waals surface area contributed by atoms with Gasteiger partial charge in [-0.15, -0.1) is 23.7 Å². The number of carbonyl (C=O) groups excluding carboxylic acids is 1. The van der Waals surface area contributed by atoms with Gasteiger partial charge in [-0.3, -0.25) is 4.79 Å². The smallest absolute Gasteiger partial charge is 0.261 e. The van der Waals surface area contributed by atoms with Crippen molar-refractivity contribution in [3.05, 3.63) is 21.9 Å². The van der Waals surface area contributed by atoms with Crippen LogP contribution in [0.2, 0.25) is 0 Å². The summed E-state index contributed by atoms with van der Waals surface area (Å²) in [4.78, 5) is 14.1. The number of thiophene rings is 1. The maximum atomic E-state index is 12.1. The molecule has 1 saturated carbocycles. The minimum absolute atomic E-state index is 0. The van der Waals surface area contributed by atoms with Crippen LogP contribution < -0.4 is 11.1 Å². The molecule has 3 N–H and O–H groups in total. The van der Waals surface area contributed by atoms with Gasteiger partial charge in [-0.05, 0) is 37.8 Å². The van der Waals surface area contributed by atoms with Crippen LogP contribution in [0.25, 0.3) is 0 Å². The molecule has 19 heavy (non-hydrogen) atoms. The maximum Gasteiger partial charge on any atom is 0.261 e. The number of carbonyl (C=O) groups is 1. The molecule has 108 valence electrons. The largest absolute Gasteiger partial charge is 0.347 e. The Bertz CT molecular complexity index is 402. The van der Waals surface area contributed by atoms with Gasteiger partial charge in [0.05, 0.1) is 4.88 Å². The lowest BCUT2D eigenvalue weighted by atomic mass is 9.84. The van der Waals surface area contributed by atoms with Crippen molar-refractivity contribution in [1.29, 1.82) is 0 Å². The number of nitrogens with two attached hydrogens (primary N) is 1. The lowest BCUT2D eigenvalue weighted by Gasteiger charge is -2.29. The van der Waals surface area contributed by atoms with E-state index in [9.17, 15) is 4.79 Å². The van der Waals surface area contributed by atoms with Gasteiger partial charge in [0, 0.05) is 17.5 Å². The van der Waals surface area contributed by atoms with Gasteiger partial charge in [0.2, 0.25) is 0 Å². The summed E-state index contributed by atoms with van der Waals surface area (Å²) in [6.45, 7) is 2.56. The van der Waals surface area contributed by atoms with Crippen molar-refractivity contribution >= 4 is 29.7 Å². The average Bonchev–Trinajstić information content (AvgIpc) is 2.83. The third kappa shape index (κ3) is 4.48. The molecule has 1 atom stereocenters. The number of halogens is 1. The number of aryl methyl sites for hydroxylation is 1. The summed E-state index contributed by atoms with van der Waals surface area (Å²) in [5, 5.41) is 3.11. The number of amides is 1.